The summed E-state index contributed by atoms with van der Waals surface area (Å²) in [7, 11) is 0. The molecular formula is C21H20ClF2NO3. The Labute approximate surface area is 166 Å². The predicted molar refractivity (Wildman–Crippen MR) is 106 cm³/mol. The molecule has 7 heteroatoms. The fraction of sp³-hybridized carbons (Fsp3) is 0.190. The van der Waals surface area contributed by atoms with Crippen LogP contribution in [0.15, 0.2) is 65.5 Å². The summed E-state index contributed by atoms with van der Waals surface area (Å²) < 4.78 is 33.7. The molecule has 4 nitrogen and oxygen atoms in total. The second kappa shape index (κ2) is 10.0. The van der Waals surface area contributed by atoms with Crippen LogP contribution in [0.2, 0.25) is 5.02 Å². The average Bonchev–Trinajstić information content (AvgIpc) is 2.66. The molecule has 2 rings (SSSR count). The van der Waals surface area contributed by atoms with E-state index in [9.17, 15) is 13.6 Å². The zero-order valence-corrected chi connectivity index (χ0v) is 16.0. The van der Waals surface area contributed by atoms with Gasteiger partial charge in [0, 0.05) is 23.4 Å². The van der Waals surface area contributed by atoms with E-state index in [2.05, 4.69) is 6.58 Å². The predicted octanol–water partition coefficient (Wildman–Crippen LogP) is 4.33. The summed E-state index contributed by atoms with van der Waals surface area (Å²) in [5, 5.41) is 8.65. The lowest BCUT2D eigenvalue weighted by atomic mass is 10.2. The smallest absolute Gasteiger partial charge is 0.273 e. The van der Waals surface area contributed by atoms with Crippen molar-refractivity contribution >= 4 is 11.6 Å². The fourth-order valence-electron chi connectivity index (χ4n) is 2.43. The highest BCUT2D eigenvalue weighted by Gasteiger charge is 2.14. The van der Waals surface area contributed by atoms with Crippen LogP contribution < -0.4 is 10.3 Å². The van der Waals surface area contributed by atoms with E-state index in [0.29, 0.717) is 5.69 Å². The Kier molecular flexibility index (Phi) is 7.72. The van der Waals surface area contributed by atoms with Crippen molar-refractivity contribution < 1.29 is 18.6 Å². The van der Waals surface area contributed by atoms with Gasteiger partial charge in [-0.15, -0.1) is 0 Å². The Morgan fingerprint density at radius 3 is 2.75 bits per heavy atom. The molecule has 0 spiro atoms. The maximum atomic E-state index is 13.7. The molecule has 0 atom stereocenters. The summed E-state index contributed by atoms with van der Waals surface area (Å²) in [4.78, 5) is 12.6. The van der Waals surface area contributed by atoms with Crippen LogP contribution in [0, 0.1) is 18.6 Å². The van der Waals surface area contributed by atoms with Crippen LogP contribution in [0.1, 0.15) is 11.3 Å². The van der Waals surface area contributed by atoms with Crippen LogP contribution in [-0.2, 0) is 13.2 Å². The Morgan fingerprint density at radius 2 is 2.11 bits per heavy atom. The van der Waals surface area contributed by atoms with Gasteiger partial charge in [0.05, 0.1) is 13.2 Å². The minimum absolute atomic E-state index is 0.0909. The highest BCUT2D eigenvalue weighted by atomic mass is 35.5. The number of aliphatic hydroxyl groups excluding tert-OH is 1. The van der Waals surface area contributed by atoms with Crippen molar-refractivity contribution in [2.24, 2.45) is 0 Å². The number of hydrogen-bond donors (Lipinski definition) is 1. The van der Waals surface area contributed by atoms with E-state index in [4.69, 9.17) is 21.4 Å². The molecule has 0 fully saturated rings. The highest BCUT2D eigenvalue weighted by Crippen LogP contribution is 2.24. The Morgan fingerprint density at radius 1 is 1.36 bits per heavy atom. The standard InChI is InChI=1S/C21H20ClF2NO3/c1-3-15(6-4-5-9-26)12-25-14(2)10-19(20(22)21(25)27)28-13-16-7-8-17(23)11-18(16)24/h3-8,10-11,26H,1,9,12-13H2,2H3/b5-4+,15-6+. The quantitative estimate of drug-likeness (QED) is 0.663. The van der Waals surface area contributed by atoms with Crippen LogP contribution in [-0.4, -0.2) is 16.3 Å². The zero-order valence-electron chi connectivity index (χ0n) is 15.3. The van der Waals surface area contributed by atoms with Crippen LogP contribution in [0.25, 0.3) is 0 Å². The number of aromatic nitrogens is 1. The number of hydrogen-bond acceptors (Lipinski definition) is 3. The fourth-order valence-corrected chi connectivity index (χ4v) is 2.64. The van der Waals surface area contributed by atoms with E-state index in [1.807, 2.05) is 0 Å². The van der Waals surface area contributed by atoms with Crippen molar-refractivity contribution in [1.82, 2.24) is 4.57 Å². The van der Waals surface area contributed by atoms with Gasteiger partial charge in [-0.05, 0) is 24.6 Å². The van der Waals surface area contributed by atoms with Gasteiger partial charge in [0.25, 0.3) is 5.56 Å². The third-order valence-corrected chi connectivity index (χ3v) is 4.32. The van der Waals surface area contributed by atoms with E-state index in [0.717, 1.165) is 17.7 Å². The Balaban J connectivity index is 2.26. The number of allylic oxidation sites excluding steroid dienone is 4. The number of ether oxygens (including phenoxy) is 1. The normalized spacial score (nSPS) is 11.8. The van der Waals surface area contributed by atoms with Gasteiger partial charge in [-0.25, -0.2) is 8.78 Å². The van der Waals surface area contributed by atoms with E-state index in [-0.39, 0.29) is 36.1 Å². The first-order chi connectivity index (χ1) is 13.4. The molecule has 148 valence electrons. The summed E-state index contributed by atoms with van der Waals surface area (Å²) in [5.74, 6) is -1.30. The SMILES string of the molecule is C=C/C(=C\C=C\CO)Cn1c(C)cc(OCc2ccc(F)cc2F)c(Cl)c1=O. The van der Waals surface area contributed by atoms with E-state index in [1.165, 1.54) is 10.6 Å². The molecule has 1 aromatic carbocycles. The lowest BCUT2D eigenvalue weighted by Gasteiger charge is -2.15. The minimum Gasteiger partial charge on any atom is -0.487 e. The van der Waals surface area contributed by atoms with Crippen molar-refractivity contribution in [3.63, 3.8) is 0 Å². The molecule has 1 heterocycles. The maximum Gasteiger partial charge on any atom is 0.273 e. The van der Waals surface area contributed by atoms with Gasteiger partial charge in [0.15, 0.2) is 0 Å². The van der Waals surface area contributed by atoms with Crippen LogP contribution in [0.4, 0.5) is 8.78 Å². The lowest BCUT2D eigenvalue weighted by Crippen LogP contribution is -2.24. The van der Waals surface area contributed by atoms with Crippen LogP contribution >= 0.6 is 11.6 Å². The number of aliphatic hydroxyl groups is 1. The average molecular weight is 408 g/mol. The molecular weight excluding hydrogens is 388 g/mol. The lowest BCUT2D eigenvalue weighted by molar-refractivity contribution is 0.298. The third kappa shape index (κ3) is 5.41. The molecule has 0 amide bonds. The van der Waals surface area contributed by atoms with Crippen molar-refractivity contribution in [2.75, 3.05) is 6.61 Å². The van der Waals surface area contributed by atoms with Gasteiger partial charge in [-0.3, -0.25) is 4.79 Å². The molecule has 0 saturated carbocycles. The largest absolute Gasteiger partial charge is 0.487 e. The minimum atomic E-state index is -0.738. The molecule has 0 saturated heterocycles. The van der Waals surface area contributed by atoms with E-state index < -0.39 is 17.2 Å². The van der Waals surface area contributed by atoms with Crippen LogP contribution in [0.5, 0.6) is 5.75 Å². The number of rotatable bonds is 8. The summed E-state index contributed by atoms with van der Waals surface area (Å²) in [6.45, 7) is 5.37. The molecule has 0 bridgehead atoms. The number of aryl methyl sites for hydroxylation is 1. The zero-order chi connectivity index (χ0) is 20.7. The van der Waals surface area contributed by atoms with Crippen molar-refractivity contribution in [1.29, 1.82) is 0 Å². The van der Waals surface area contributed by atoms with Gasteiger partial charge in [-0.2, -0.15) is 0 Å². The summed E-state index contributed by atoms with van der Waals surface area (Å²) in [5.41, 5.74) is 1.01. The van der Waals surface area contributed by atoms with E-state index in [1.54, 1.807) is 37.3 Å². The molecule has 0 aliphatic carbocycles. The second-order valence-electron chi connectivity index (χ2n) is 5.94. The van der Waals surface area contributed by atoms with Gasteiger partial charge in [0.2, 0.25) is 0 Å². The first-order valence-electron chi connectivity index (χ1n) is 8.43. The first kappa shape index (κ1) is 21.6. The van der Waals surface area contributed by atoms with Gasteiger partial charge < -0.3 is 14.4 Å². The molecule has 1 aromatic heterocycles. The van der Waals surface area contributed by atoms with Crippen molar-refractivity contribution in [3.8, 4) is 5.75 Å². The molecule has 0 unspecified atom stereocenters. The highest BCUT2D eigenvalue weighted by molar-refractivity contribution is 6.31. The first-order valence-corrected chi connectivity index (χ1v) is 8.80. The maximum absolute atomic E-state index is 13.7. The second-order valence-corrected chi connectivity index (χ2v) is 6.31. The molecule has 28 heavy (non-hydrogen) atoms. The van der Waals surface area contributed by atoms with Crippen molar-refractivity contribution in [2.45, 2.75) is 20.1 Å². The third-order valence-electron chi connectivity index (χ3n) is 3.97. The van der Waals surface area contributed by atoms with Crippen molar-refractivity contribution in [3.05, 3.63) is 99.0 Å². The number of halogens is 3. The molecule has 0 aliphatic heterocycles. The molecule has 1 N–H and O–H groups in total. The van der Waals surface area contributed by atoms with Crippen LogP contribution in [0.3, 0.4) is 0 Å². The van der Waals surface area contributed by atoms with Gasteiger partial charge >= 0.3 is 0 Å². The number of pyridine rings is 1. The Bertz CT molecular complexity index is 980. The number of nitrogens with zero attached hydrogens (tertiary/aromatic N) is 1. The molecule has 0 aliphatic rings. The number of benzene rings is 1. The van der Waals surface area contributed by atoms with E-state index >= 15 is 0 Å². The topological polar surface area (TPSA) is 51.5 Å². The van der Waals surface area contributed by atoms with Gasteiger partial charge in [0.1, 0.15) is 29.0 Å². The summed E-state index contributed by atoms with van der Waals surface area (Å²) in [6, 6.07) is 4.74. The summed E-state index contributed by atoms with van der Waals surface area (Å²) >= 11 is 6.15. The molecule has 2 aromatic rings. The monoisotopic (exact) mass is 407 g/mol. The Hall–Kier alpha value is -2.70. The molecule has 0 radical (unpaired) electrons. The van der Waals surface area contributed by atoms with Gasteiger partial charge in [-0.1, -0.05) is 42.5 Å². The summed E-state index contributed by atoms with van der Waals surface area (Å²) in [6.07, 6.45) is 6.54.